The van der Waals surface area contributed by atoms with Crippen molar-refractivity contribution in [1.29, 1.82) is 0 Å². The van der Waals surface area contributed by atoms with E-state index in [4.69, 9.17) is 0 Å². The summed E-state index contributed by atoms with van der Waals surface area (Å²) in [5, 5.41) is 11.7. The Morgan fingerprint density at radius 3 is 2.90 bits per heavy atom. The zero-order chi connectivity index (χ0) is 13.8. The molecule has 0 aliphatic carbocycles. The Hall–Kier alpha value is -2.21. The smallest absolute Gasteiger partial charge is 0.160 e. The van der Waals surface area contributed by atoms with Crippen molar-refractivity contribution in [3.8, 4) is 0 Å². The molecule has 104 valence electrons. The van der Waals surface area contributed by atoms with E-state index in [0.717, 1.165) is 36.8 Å². The summed E-state index contributed by atoms with van der Waals surface area (Å²) in [5.74, 6) is 1.97. The van der Waals surface area contributed by atoms with Gasteiger partial charge in [-0.15, -0.1) is 10.2 Å². The summed E-state index contributed by atoms with van der Waals surface area (Å²) in [6.07, 6.45) is 6.95. The van der Waals surface area contributed by atoms with Gasteiger partial charge in [0.05, 0.1) is 13.1 Å². The minimum absolute atomic E-state index is 0.671. The number of imidazole rings is 1. The lowest BCUT2D eigenvalue weighted by Gasteiger charge is -2.07. The van der Waals surface area contributed by atoms with Crippen molar-refractivity contribution in [2.24, 2.45) is 0 Å². The second kappa shape index (κ2) is 5.83. The second-order valence-electron chi connectivity index (χ2n) is 4.69. The molecule has 1 N–H and O–H groups in total. The van der Waals surface area contributed by atoms with Crippen LogP contribution in [0.3, 0.4) is 0 Å². The van der Waals surface area contributed by atoms with E-state index >= 15 is 0 Å². The van der Waals surface area contributed by atoms with E-state index in [9.17, 15) is 0 Å². The molecule has 3 aromatic heterocycles. The molecule has 0 spiro atoms. The summed E-state index contributed by atoms with van der Waals surface area (Å²) in [6, 6.07) is 5.89. The van der Waals surface area contributed by atoms with Crippen LogP contribution in [0, 0.1) is 0 Å². The maximum Gasteiger partial charge on any atom is 0.160 e. The van der Waals surface area contributed by atoms with Gasteiger partial charge in [0.25, 0.3) is 0 Å². The number of pyridine rings is 1. The van der Waals surface area contributed by atoms with Crippen molar-refractivity contribution < 1.29 is 0 Å². The Labute approximate surface area is 117 Å². The molecule has 20 heavy (non-hydrogen) atoms. The van der Waals surface area contributed by atoms with Crippen molar-refractivity contribution in [2.75, 3.05) is 0 Å². The first kappa shape index (κ1) is 12.8. The quantitative estimate of drug-likeness (QED) is 0.739. The number of aromatic nitrogens is 5. The Morgan fingerprint density at radius 2 is 2.00 bits per heavy atom. The molecule has 0 bridgehead atoms. The summed E-state index contributed by atoms with van der Waals surface area (Å²) < 4.78 is 4.17. The molecule has 0 radical (unpaired) electrons. The molecule has 6 nitrogen and oxygen atoms in total. The fourth-order valence-electron chi connectivity index (χ4n) is 2.25. The molecule has 0 aliphatic rings. The normalized spacial score (nSPS) is 11.2. The highest BCUT2D eigenvalue weighted by Crippen LogP contribution is 2.03. The van der Waals surface area contributed by atoms with Crippen LogP contribution in [0.2, 0.25) is 0 Å². The minimum Gasteiger partial charge on any atom is -0.334 e. The van der Waals surface area contributed by atoms with E-state index < -0.39 is 0 Å². The van der Waals surface area contributed by atoms with E-state index in [1.165, 1.54) is 0 Å². The zero-order valence-corrected chi connectivity index (χ0v) is 11.5. The molecule has 3 aromatic rings. The van der Waals surface area contributed by atoms with E-state index in [-0.39, 0.29) is 0 Å². The topological polar surface area (TPSA) is 60.0 Å². The molecule has 0 aliphatic heterocycles. The highest BCUT2D eigenvalue weighted by Gasteiger charge is 2.05. The van der Waals surface area contributed by atoms with E-state index in [2.05, 4.69) is 32.0 Å². The van der Waals surface area contributed by atoms with E-state index in [1.807, 2.05) is 41.2 Å². The third-order valence-corrected chi connectivity index (χ3v) is 3.22. The number of rotatable bonds is 6. The Bertz CT molecular complexity index is 684. The van der Waals surface area contributed by atoms with Gasteiger partial charge in [-0.25, -0.2) is 4.98 Å². The van der Waals surface area contributed by atoms with Crippen LogP contribution in [0.25, 0.3) is 5.65 Å². The molecule has 0 amide bonds. The molecule has 0 aromatic carbocycles. The molecule has 0 saturated carbocycles. The van der Waals surface area contributed by atoms with Crippen molar-refractivity contribution in [2.45, 2.75) is 33.0 Å². The average molecular weight is 270 g/mol. The summed E-state index contributed by atoms with van der Waals surface area (Å²) in [5.41, 5.74) is 0.872. The molecular weight excluding hydrogens is 252 g/mol. The molecule has 0 atom stereocenters. The van der Waals surface area contributed by atoms with Gasteiger partial charge in [0, 0.05) is 25.1 Å². The lowest BCUT2D eigenvalue weighted by atomic mass is 10.4. The number of hydrogen-bond acceptors (Lipinski definition) is 4. The first-order chi connectivity index (χ1) is 9.88. The predicted molar refractivity (Wildman–Crippen MR) is 76.0 cm³/mol. The monoisotopic (exact) mass is 270 g/mol. The van der Waals surface area contributed by atoms with E-state index in [1.54, 1.807) is 0 Å². The molecular formula is C14H18N6. The van der Waals surface area contributed by atoms with Crippen LogP contribution < -0.4 is 5.32 Å². The Morgan fingerprint density at radius 1 is 1.10 bits per heavy atom. The van der Waals surface area contributed by atoms with Crippen LogP contribution in [0.5, 0.6) is 0 Å². The number of nitrogens with zero attached hydrogens (tertiary/aromatic N) is 5. The zero-order valence-electron chi connectivity index (χ0n) is 11.5. The highest BCUT2D eigenvalue weighted by atomic mass is 15.3. The average Bonchev–Trinajstić information content (AvgIpc) is 3.07. The standard InChI is InChI=1S/C14H18N6/c1-2-7-19-9-6-16-13(19)10-15-11-14-18-17-12-5-3-4-8-20(12)14/h3-6,8-9,15H,2,7,10-11H2,1H3. The van der Waals surface area contributed by atoms with Crippen LogP contribution in [-0.2, 0) is 19.6 Å². The van der Waals surface area contributed by atoms with Crippen molar-refractivity contribution >= 4 is 5.65 Å². The molecule has 3 heterocycles. The predicted octanol–water partition coefficient (Wildman–Crippen LogP) is 1.63. The van der Waals surface area contributed by atoms with Gasteiger partial charge in [-0.3, -0.25) is 4.40 Å². The van der Waals surface area contributed by atoms with E-state index in [0.29, 0.717) is 6.54 Å². The first-order valence-corrected chi connectivity index (χ1v) is 6.88. The number of aryl methyl sites for hydroxylation is 1. The van der Waals surface area contributed by atoms with Gasteiger partial charge in [-0.2, -0.15) is 0 Å². The van der Waals surface area contributed by atoms with Gasteiger partial charge in [-0.1, -0.05) is 13.0 Å². The number of fused-ring (bicyclic) bond motifs is 1. The molecule has 3 rings (SSSR count). The summed E-state index contributed by atoms with van der Waals surface area (Å²) in [4.78, 5) is 4.37. The summed E-state index contributed by atoms with van der Waals surface area (Å²) in [7, 11) is 0. The lowest BCUT2D eigenvalue weighted by molar-refractivity contribution is 0.578. The van der Waals surface area contributed by atoms with Crippen LogP contribution in [0.4, 0.5) is 0 Å². The van der Waals surface area contributed by atoms with Gasteiger partial charge in [-0.05, 0) is 18.6 Å². The third kappa shape index (κ3) is 2.55. The van der Waals surface area contributed by atoms with Gasteiger partial charge < -0.3 is 9.88 Å². The molecule has 0 unspecified atom stereocenters. The van der Waals surface area contributed by atoms with Crippen LogP contribution in [0.15, 0.2) is 36.8 Å². The fraction of sp³-hybridized carbons (Fsp3) is 0.357. The van der Waals surface area contributed by atoms with Gasteiger partial charge in [0.15, 0.2) is 11.5 Å². The van der Waals surface area contributed by atoms with Crippen molar-refractivity contribution in [3.63, 3.8) is 0 Å². The minimum atomic E-state index is 0.671. The maximum absolute atomic E-state index is 4.37. The van der Waals surface area contributed by atoms with Crippen LogP contribution >= 0.6 is 0 Å². The summed E-state index contributed by atoms with van der Waals surface area (Å²) >= 11 is 0. The van der Waals surface area contributed by atoms with Crippen molar-refractivity contribution in [3.05, 3.63) is 48.4 Å². The number of nitrogens with one attached hydrogen (secondary N) is 1. The van der Waals surface area contributed by atoms with Gasteiger partial charge in [0.1, 0.15) is 5.82 Å². The highest BCUT2D eigenvalue weighted by molar-refractivity contribution is 5.36. The first-order valence-electron chi connectivity index (χ1n) is 6.88. The fourth-order valence-corrected chi connectivity index (χ4v) is 2.25. The summed E-state index contributed by atoms with van der Waals surface area (Å²) in [6.45, 7) is 4.57. The van der Waals surface area contributed by atoms with Crippen molar-refractivity contribution in [1.82, 2.24) is 29.5 Å². The Balaban J connectivity index is 1.64. The van der Waals surface area contributed by atoms with Gasteiger partial charge in [0.2, 0.25) is 0 Å². The Kier molecular flexibility index (Phi) is 3.73. The molecule has 6 heteroatoms. The van der Waals surface area contributed by atoms with Crippen LogP contribution in [0.1, 0.15) is 25.0 Å². The largest absolute Gasteiger partial charge is 0.334 e. The second-order valence-corrected chi connectivity index (χ2v) is 4.69. The molecule has 0 saturated heterocycles. The lowest BCUT2D eigenvalue weighted by Crippen LogP contribution is -2.18. The van der Waals surface area contributed by atoms with Gasteiger partial charge >= 0.3 is 0 Å². The maximum atomic E-state index is 4.37. The number of hydrogen-bond donors (Lipinski definition) is 1. The third-order valence-electron chi connectivity index (χ3n) is 3.22. The van der Waals surface area contributed by atoms with Crippen LogP contribution in [-0.4, -0.2) is 24.1 Å². The molecule has 0 fully saturated rings. The SMILES string of the molecule is CCCn1ccnc1CNCc1nnc2ccccn12.